The predicted molar refractivity (Wildman–Crippen MR) is 79.9 cm³/mol. The molecule has 1 aromatic heterocycles. The summed E-state index contributed by atoms with van der Waals surface area (Å²) in [5.41, 5.74) is 1.70. The molecule has 0 saturated heterocycles. The molecule has 0 radical (unpaired) electrons. The fourth-order valence-electron chi connectivity index (χ4n) is 1.59. The van der Waals surface area contributed by atoms with Gasteiger partial charge in [0.25, 0.3) is 5.91 Å². The van der Waals surface area contributed by atoms with Crippen LogP contribution in [-0.4, -0.2) is 23.2 Å². The lowest BCUT2D eigenvalue weighted by molar-refractivity contribution is 0.102. The van der Waals surface area contributed by atoms with Crippen molar-refractivity contribution in [3.8, 4) is 0 Å². The van der Waals surface area contributed by atoms with Crippen LogP contribution in [0.15, 0.2) is 34.8 Å². The summed E-state index contributed by atoms with van der Waals surface area (Å²) in [6, 6.07) is 8.53. The number of anilines is 1. The second-order valence-electron chi connectivity index (χ2n) is 3.89. The minimum atomic E-state index is -0.357. The van der Waals surface area contributed by atoms with Gasteiger partial charge < -0.3 is 10.1 Å². The molecule has 0 aliphatic rings. The van der Waals surface area contributed by atoms with E-state index in [1.54, 1.807) is 13.2 Å². The van der Waals surface area contributed by atoms with E-state index in [-0.39, 0.29) is 16.8 Å². The summed E-state index contributed by atoms with van der Waals surface area (Å²) < 4.78 is 5.99. The highest BCUT2D eigenvalue weighted by molar-refractivity contribution is 9.10. The number of rotatable bonds is 4. The molecule has 0 unspecified atom stereocenters. The lowest BCUT2D eigenvalue weighted by Crippen LogP contribution is -2.15. The SMILES string of the molecule is COCc1c(Br)cccc1NC(=O)c1ccc(Cl)nn1. The molecule has 0 aliphatic carbocycles. The van der Waals surface area contributed by atoms with E-state index in [9.17, 15) is 4.79 Å². The number of hydrogen-bond acceptors (Lipinski definition) is 4. The molecule has 20 heavy (non-hydrogen) atoms. The number of aromatic nitrogens is 2. The summed E-state index contributed by atoms with van der Waals surface area (Å²) in [5.74, 6) is -0.357. The van der Waals surface area contributed by atoms with Crippen LogP contribution in [0.3, 0.4) is 0 Å². The van der Waals surface area contributed by atoms with Gasteiger partial charge in [-0.3, -0.25) is 4.79 Å². The van der Waals surface area contributed by atoms with E-state index in [1.165, 1.54) is 12.1 Å². The van der Waals surface area contributed by atoms with E-state index in [2.05, 4.69) is 31.4 Å². The van der Waals surface area contributed by atoms with Gasteiger partial charge in [-0.05, 0) is 24.3 Å². The molecule has 1 aromatic carbocycles. The Kier molecular flexibility index (Phi) is 5.05. The van der Waals surface area contributed by atoms with E-state index < -0.39 is 0 Å². The van der Waals surface area contributed by atoms with Gasteiger partial charge in [0.1, 0.15) is 0 Å². The van der Waals surface area contributed by atoms with Crippen LogP contribution < -0.4 is 5.32 Å². The minimum absolute atomic E-state index is 0.192. The standard InChI is InChI=1S/C13H11BrClN3O2/c1-20-7-8-9(14)3-2-4-10(8)16-13(19)11-5-6-12(15)18-17-11/h2-6H,7H2,1H3,(H,16,19). The smallest absolute Gasteiger partial charge is 0.276 e. The maximum atomic E-state index is 12.1. The number of hydrogen-bond donors (Lipinski definition) is 1. The van der Waals surface area contributed by atoms with Crippen molar-refractivity contribution in [2.24, 2.45) is 0 Å². The maximum Gasteiger partial charge on any atom is 0.276 e. The first kappa shape index (κ1) is 14.9. The largest absolute Gasteiger partial charge is 0.380 e. The molecule has 0 bridgehead atoms. The van der Waals surface area contributed by atoms with Crippen molar-refractivity contribution >= 4 is 39.1 Å². The average molecular weight is 357 g/mol. The van der Waals surface area contributed by atoms with Crippen LogP contribution in [-0.2, 0) is 11.3 Å². The average Bonchev–Trinajstić information content (AvgIpc) is 2.43. The Morgan fingerprint density at radius 1 is 1.35 bits per heavy atom. The van der Waals surface area contributed by atoms with E-state index in [0.29, 0.717) is 12.3 Å². The molecule has 2 rings (SSSR count). The number of benzene rings is 1. The van der Waals surface area contributed by atoms with Crippen molar-refractivity contribution in [2.45, 2.75) is 6.61 Å². The van der Waals surface area contributed by atoms with Crippen LogP contribution in [0, 0.1) is 0 Å². The summed E-state index contributed by atoms with van der Waals surface area (Å²) in [7, 11) is 1.59. The van der Waals surface area contributed by atoms with Crippen molar-refractivity contribution < 1.29 is 9.53 Å². The van der Waals surface area contributed by atoms with Crippen LogP contribution >= 0.6 is 27.5 Å². The molecule has 104 valence electrons. The molecule has 0 atom stereocenters. The van der Waals surface area contributed by atoms with Gasteiger partial charge in [-0.25, -0.2) is 0 Å². The molecule has 1 N–H and O–H groups in total. The topological polar surface area (TPSA) is 64.1 Å². The lowest BCUT2D eigenvalue weighted by atomic mass is 10.2. The minimum Gasteiger partial charge on any atom is -0.380 e. The van der Waals surface area contributed by atoms with E-state index in [0.717, 1.165) is 10.0 Å². The summed E-state index contributed by atoms with van der Waals surface area (Å²) in [6.45, 7) is 0.378. The van der Waals surface area contributed by atoms with Gasteiger partial charge in [0.05, 0.1) is 6.61 Å². The zero-order chi connectivity index (χ0) is 14.5. The fraction of sp³-hybridized carbons (Fsp3) is 0.154. The Balaban J connectivity index is 2.23. The van der Waals surface area contributed by atoms with Gasteiger partial charge in [0, 0.05) is 22.8 Å². The number of carbonyl (C=O) groups is 1. The Morgan fingerprint density at radius 3 is 2.80 bits per heavy atom. The number of carbonyl (C=O) groups excluding carboxylic acids is 1. The van der Waals surface area contributed by atoms with Crippen molar-refractivity contribution in [1.29, 1.82) is 0 Å². The highest BCUT2D eigenvalue weighted by Gasteiger charge is 2.12. The number of nitrogens with zero attached hydrogens (tertiary/aromatic N) is 2. The molecule has 2 aromatic rings. The van der Waals surface area contributed by atoms with Gasteiger partial charge >= 0.3 is 0 Å². The highest BCUT2D eigenvalue weighted by Crippen LogP contribution is 2.25. The van der Waals surface area contributed by atoms with Gasteiger partial charge in [-0.1, -0.05) is 33.6 Å². The van der Waals surface area contributed by atoms with E-state index in [4.69, 9.17) is 16.3 Å². The number of methoxy groups -OCH3 is 1. The number of ether oxygens (including phenoxy) is 1. The van der Waals surface area contributed by atoms with Gasteiger partial charge in [0.2, 0.25) is 0 Å². The van der Waals surface area contributed by atoms with Crippen molar-refractivity contribution in [2.75, 3.05) is 12.4 Å². The van der Waals surface area contributed by atoms with Crippen molar-refractivity contribution in [3.05, 3.63) is 51.2 Å². The van der Waals surface area contributed by atoms with Crippen molar-refractivity contribution in [1.82, 2.24) is 10.2 Å². The second kappa shape index (κ2) is 6.78. The normalized spacial score (nSPS) is 10.3. The summed E-state index contributed by atoms with van der Waals surface area (Å²) in [4.78, 5) is 12.1. The quantitative estimate of drug-likeness (QED) is 0.913. The molecule has 0 spiro atoms. The highest BCUT2D eigenvalue weighted by atomic mass is 79.9. The summed E-state index contributed by atoms with van der Waals surface area (Å²) in [6.07, 6.45) is 0. The number of nitrogens with one attached hydrogen (secondary N) is 1. The molecular formula is C13H11BrClN3O2. The zero-order valence-corrected chi connectivity index (χ0v) is 12.9. The third-order valence-electron chi connectivity index (χ3n) is 2.52. The first-order valence-electron chi connectivity index (χ1n) is 5.68. The summed E-state index contributed by atoms with van der Waals surface area (Å²) in [5, 5.41) is 10.4. The molecule has 5 nitrogen and oxygen atoms in total. The Morgan fingerprint density at radius 2 is 2.15 bits per heavy atom. The van der Waals surface area contributed by atoms with Crippen LogP contribution in [0.4, 0.5) is 5.69 Å². The maximum absolute atomic E-state index is 12.1. The third kappa shape index (κ3) is 3.53. The lowest BCUT2D eigenvalue weighted by Gasteiger charge is -2.11. The van der Waals surface area contributed by atoms with Crippen molar-refractivity contribution in [3.63, 3.8) is 0 Å². The number of halogens is 2. The Labute approximate surface area is 129 Å². The Hall–Kier alpha value is -1.50. The van der Waals surface area contributed by atoms with Gasteiger partial charge in [-0.2, -0.15) is 0 Å². The molecular weight excluding hydrogens is 346 g/mol. The van der Waals surface area contributed by atoms with Crippen LogP contribution in [0.2, 0.25) is 5.15 Å². The second-order valence-corrected chi connectivity index (χ2v) is 5.14. The van der Waals surface area contributed by atoms with Gasteiger partial charge in [0.15, 0.2) is 10.8 Å². The number of amides is 1. The molecule has 1 heterocycles. The van der Waals surface area contributed by atoms with E-state index in [1.807, 2.05) is 12.1 Å². The van der Waals surface area contributed by atoms with Crippen LogP contribution in [0.1, 0.15) is 16.1 Å². The zero-order valence-electron chi connectivity index (χ0n) is 10.6. The van der Waals surface area contributed by atoms with E-state index >= 15 is 0 Å². The Bertz CT molecular complexity index is 620. The first-order chi connectivity index (χ1) is 9.61. The summed E-state index contributed by atoms with van der Waals surface area (Å²) >= 11 is 9.06. The van der Waals surface area contributed by atoms with Crippen LogP contribution in [0.5, 0.6) is 0 Å². The molecule has 7 heteroatoms. The third-order valence-corrected chi connectivity index (χ3v) is 3.46. The predicted octanol–water partition coefficient (Wildman–Crippen LogP) is 3.29. The fourth-order valence-corrected chi connectivity index (χ4v) is 2.17. The molecule has 1 amide bonds. The molecule has 0 aliphatic heterocycles. The molecule has 0 fully saturated rings. The van der Waals surface area contributed by atoms with Gasteiger partial charge in [-0.15, -0.1) is 10.2 Å². The monoisotopic (exact) mass is 355 g/mol. The first-order valence-corrected chi connectivity index (χ1v) is 6.86. The molecule has 0 saturated carbocycles. The van der Waals surface area contributed by atoms with Crippen LogP contribution in [0.25, 0.3) is 0 Å².